The lowest BCUT2D eigenvalue weighted by Gasteiger charge is -2.29. The zero-order chi connectivity index (χ0) is 35.1. The average molecular weight is 689 g/mol. The number of benzene rings is 2. The van der Waals surface area contributed by atoms with Crippen LogP contribution in [0.3, 0.4) is 0 Å². The molecule has 2 heterocycles. The van der Waals surface area contributed by atoms with Gasteiger partial charge in [0, 0.05) is 30.3 Å². The van der Waals surface area contributed by atoms with Gasteiger partial charge in [0.05, 0.1) is 13.7 Å². The maximum atomic E-state index is 13.0. The Kier molecular flexibility index (Phi) is 14.2. The standard InChI is InChI=1S/C33H43F3N8O5/c1-47-29(46)27(24-7-6-17-38-20-24)41-28(45)23-10-12-25(13-11-23)40-31-42-30(43-32(44-31)49-21-33(34,35)36)39-19-22-8-14-26(15-9-22)48-18-5-3-2-4-16-37/h8-15,24,27,38H,2-7,16-21,37H2,1H3,(H,41,45)(H2,39,40,42,43,44). The molecule has 49 heavy (non-hydrogen) atoms. The predicted octanol–water partition coefficient (Wildman–Crippen LogP) is 4.34. The van der Waals surface area contributed by atoms with Gasteiger partial charge in [0.25, 0.3) is 5.91 Å². The number of piperidine rings is 1. The van der Waals surface area contributed by atoms with Crippen LogP contribution in [0.1, 0.15) is 54.4 Å². The number of rotatable bonds is 18. The Labute approximate surface area is 282 Å². The molecule has 3 aromatic rings. The number of anilines is 3. The van der Waals surface area contributed by atoms with E-state index in [-0.39, 0.29) is 29.9 Å². The molecule has 16 heteroatoms. The molecule has 1 aromatic heterocycles. The third-order valence-electron chi connectivity index (χ3n) is 7.67. The van der Waals surface area contributed by atoms with Gasteiger partial charge in [0.2, 0.25) is 11.9 Å². The van der Waals surface area contributed by atoms with Gasteiger partial charge in [-0.2, -0.15) is 28.1 Å². The lowest BCUT2D eigenvalue weighted by molar-refractivity contribution is -0.154. The maximum Gasteiger partial charge on any atom is 0.422 e. The number of alkyl halides is 3. The molecule has 6 N–H and O–H groups in total. The smallest absolute Gasteiger partial charge is 0.422 e. The van der Waals surface area contributed by atoms with Gasteiger partial charge in [-0.05, 0) is 80.7 Å². The second-order valence-corrected chi connectivity index (χ2v) is 11.5. The van der Waals surface area contributed by atoms with Gasteiger partial charge in [-0.1, -0.05) is 25.0 Å². The molecule has 2 unspecified atom stereocenters. The number of nitrogens with zero attached hydrogens (tertiary/aromatic N) is 3. The number of esters is 1. The van der Waals surface area contributed by atoms with Crippen LogP contribution >= 0.6 is 0 Å². The van der Waals surface area contributed by atoms with Crippen LogP contribution in [0, 0.1) is 5.92 Å². The predicted molar refractivity (Wildman–Crippen MR) is 177 cm³/mol. The summed E-state index contributed by atoms with van der Waals surface area (Å²) in [4.78, 5) is 37.7. The Balaban J connectivity index is 1.38. The number of nitrogens with one attached hydrogen (secondary N) is 4. The Hall–Kier alpha value is -4.70. The summed E-state index contributed by atoms with van der Waals surface area (Å²) < 4.78 is 54.2. The van der Waals surface area contributed by atoms with E-state index < -0.39 is 36.7 Å². The number of amides is 1. The first-order valence-electron chi connectivity index (χ1n) is 16.2. The number of carbonyl (C=O) groups is 2. The van der Waals surface area contributed by atoms with E-state index in [1.807, 2.05) is 24.3 Å². The number of methoxy groups -OCH3 is 1. The Bertz CT molecular complexity index is 1470. The number of halogens is 3. The molecule has 0 bridgehead atoms. The first-order valence-corrected chi connectivity index (χ1v) is 16.2. The molecule has 1 saturated heterocycles. The van der Waals surface area contributed by atoms with Crippen molar-refractivity contribution in [1.29, 1.82) is 0 Å². The van der Waals surface area contributed by atoms with Crippen molar-refractivity contribution in [3.63, 3.8) is 0 Å². The summed E-state index contributed by atoms with van der Waals surface area (Å²) in [5, 5.41) is 11.9. The van der Waals surface area contributed by atoms with Crippen molar-refractivity contribution < 1.29 is 37.0 Å². The van der Waals surface area contributed by atoms with Gasteiger partial charge in [-0.3, -0.25) is 4.79 Å². The van der Waals surface area contributed by atoms with Crippen LogP contribution in [0.2, 0.25) is 0 Å². The molecular formula is C33H43F3N8O5. The zero-order valence-electron chi connectivity index (χ0n) is 27.4. The average Bonchev–Trinajstić information content (AvgIpc) is 3.10. The molecule has 0 aliphatic carbocycles. The van der Waals surface area contributed by atoms with Gasteiger partial charge in [-0.15, -0.1) is 0 Å². The van der Waals surface area contributed by atoms with Crippen LogP contribution in [-0.4, -0.2) is 79.0 Å². The second kappa shape index (κ2) is 18.7. The molecule has 0 radical (unpaired) electrons. The number of nitrogens with two attached hydrogens (primary N) is 1. The van der Waals surface area contributed by atoms with E-state index in [0.29, 0.717) is 25.4 Å². The van der Waals surface area contributed by atoms with E-state index in [2.05, 4.69) is 36.2 Å². The van der Waals surface area contributed by atoms with Gasteiger partial charge >= 0.3 is 18.2 Å². The molecule has 1 aliphatic heterocycles. The first kappa shape index (κ1) is 37.1. The molecule has 2 aromatic carbocycles. The normalized spacial score (nSPS) is 15.2. The topological polar surface area (TPSA) is 175 Å². The van der Waals surface area contributed by atoms with Gasteiger partial charge < -0.3 is 41.2 Å². The maximum absolute atomic E-state index is 13.0. The minimum atomic E-state index is -4.60. The Morgan fingerprint density at radius 3 is 2.39 bits per heavy atom. The molecule has 1 amide bonds. The highest BCUT2D eigenvalue weighted by Crippen LogP contribution is 2.22. The van der Waals surface area contributed by atoms with Crippen molar-refractivity contribution in [2.45, 2.75) is 57.3 Å². The summed E-state index contributed by atoms with van der Waals surface area (Å²) >= 11 is 0. The van der Waals surface area contributed by atoms with Crippen molar-refractivity contribution in [3.05, 3.63) is 59.7 Å². The highest BCUT2D eigenvalue weighted by Gasteiger charge is 2.32. The number of ether oxygens (including phenoxy) is 3. The summed E-state index contributed by atoms with van der Waals surface area (Å²) in [7, 11) is 1.28. The van der Waals surface area contributed by atoms with Crippen molar-refractivity contribution in [1.82, 2.24) is 25.6 Å². The minimum absolute atomic E-state index is 0.0190. The monoisotopic (exact) mass is 688 g/mol. The van der Waals surface area contributed by atoms with Crippen LogP contribution < -0.4 is 36.5 Å². The third kappa shape index (κ3) is 12.7. The molecule has 13 nitrogen and oxygen atoms in total. The molecule has 1 fully saturated rings. The fraction of sp³-hybridized carbons (Fsp3) is 0.485. The molecule has 0 spiro atoms. The summed E-state index contributed by atoms with van der Waals surface area (Å²) in [6.45, 7) is 1.40. The molecular weight excluding hydrogens is 645 g/mol. The van der Waals surface area contributed by atoms with E-state index in [9.17, 15) is 22.8 Å². The van der Waals surface area contributed by atoms with Gasteiger partial charge in [0.1, 0.15) is 11.8 Å². The number of hydrogen-bond donors (Lipinski definition) is 5. The number of aromatic nitrogens is 3. The molecule has 1 aliphatic rings. The third-order valence-corrected chi connectivity index (χ3v) is 7.67. The molecule has 266 valence electrons. The van der Waals surface area contributed by atoms with E-state index in [1.54, 1.807) is 12.1 Å². The van der Waals surface area contributed by atoms with Gasteiger partial charge in [0.15, 0.2) is 6.61 Å². The lowest BCUT2D eigenvalue weighted by Crippen LogP contribution is -2.51. The lowest BCUT2D eigenvalue weighted by atomic mass is 9.91. The summed E-state index contributed by atoms with van der Waals surface area (Å²) in [6.07, 6.45) is 1.12. The Morgan fingerprint density at radius 2 is 1.71 bits per heavy atom. The summed E-state index contributed by atoms with van der Waals surface area (Å²) in [6, 6.07) is 12.2. The number of unbranched alkanes of at least 4 members (excludes halogenated alkanes) is 3. The van der Waals surface area contributed by atoms with Gasteiger partial charge in [-0.25, -0.2) is 4.79 Å². The molecule has 4 rings (SSSR count). The number of hydrogen-bond acceptors (Lipinski definition) is 12. The van der Waals surface area contributed by atoms with E-state index in [4.69, 9.17) is 19.9 Å². The van der Waals surface area contributed by atoms with Crippen LogP contribution in [0.15, 0.2) is 48.5 Å². The fourth-order valence-corrected chi connectivity index (χ4v) is 5.10. The van der Waals surface area contributed by atoms with E-state index in [1.165, 1.54) is 19.2 Å². The summed E-state index contributed by atoms with van der Waals surface area (Å²) in [5.74, 6) is -0.460. The quantitative estimate of drug-likeness (QED) is 0.0947. The largest absolute Gasteiger partial charge is 0.494 e. The van der Waals surface area contributed by atoms with Crippen molar-refractivity contribution >= 4 is 29.5 Å². The van der Waals surface area contributed by atoms with Crippen LogP contribution in [0.5, 0.6) is 11.8 Å². The molecule has 2 atom stereocenters. The van der Waals surface area contributed by atoms with Crippen LogP contribution in [-0.2, 0) is 16.1 Å². The van der Waals surface area contributed by atoms with Crippen molar-refractivity contribution in [2.24, 2.45) is 11.7 Å². The van der Waals surface area contributed by atoms with Crippen molar-refractivity contribution in [3.8, 4) is 11.8 Å². The Morgan fingerprint density at radius 1 is 0.980 bits per heavy atom. The molecule has 0 saturated carbocycles. The zero-order valence-corrected chi connectivity index (χ0v) is 27.4. The second-order valence-electron chi connectivity index (χ2n) is 11.5. The van der Waals surface area contributed by atoms with E-state index in [0.717, 1.165) is 56.4 Å². The highest BCUT2D eigenvalue weighted by atomic mass is 19.4. The fourth-order valence-electron chi connectivity index (χ4n) is 5.10. The van der Waals surface area contributed by atoms with Crippen LogP contribution in [0.25, 0.3) is 0 Å². The van der Waals surface area contributed by atoms with Crippen molar-refractivity contribution in [2.75, 3.05) is 50.6 Å². The first-order chi connectivity index (χ1) is 23.6. The highest BCUT2D eigenvalue weighted by molar-refractivity contribution is 5.97. The SMILES string of the molecule is COC(=O)C(NC(=O)c1ccc(Nc2nc(NCc3ccc(OCCCCCCN)cc3)nc(OCC(F)(F)F)n2)cc1)C1CCCNC1. The number of carbonyl (C=O) groups excluding carboxylic acids is 2. The van der Waals surface area contributed by atoms with E-state index >= 15 is 0 Å². The summed E-state index contributed by atoms with van der Waals surface area (Å²) in [5.41, 5.74) is 7.09. The minimum Gasteiger partial charge on any atom is -0.494 e. The van der Waals surface area contributed by atoms with Crippen LogP contribution in [0.4, 0.5) is 30.8 Å².